The fraction of sp³-hybridized carbons (Fsp3) is 0.381. The third-order valence-electron chi connectivity index (χ3n) is 4.48. The van der Waals surface area contributed by atoms with E-state index in [1.165, 1.54) is 17.8 Å². The SMILES string of the molecule is O=C(CCSc1ccccc1F)Nc1cccc(CS(=O)C2CCOCC2)c1. The molecule has 0 spiro atoms. The zero-order valence-corrected chi connectivity index (χ0v) is 17.2. The number of nitrogens with one attached hydrogen (secondary N) is 1. The molecule has 1 heterocycles. The van der Waals surface area contributed by atoms with Crippen molar-refractivity contribution in [3.8, 4) is 0 Å². The van der Waals surface area contributed by atoms with Gasteiger partial charge in [-0.15, -0.1) is 11.8 Å². The van der Waals surface area contributed by atoms with Gasteiger partial charge in [0.05, 0.1) is 0 Å². The summed E-state index contributed by atoms with van der Waals surface area (Å²) < 4.78 is 31.5. The van der Waals surface area contributed by atoms with E-state index in [1.54, 1.807) is 18.2 Å². The van der Waals surface area contributed by atoms with Crippen LogP contribution in [0.2, 0.25) is 0 Å². The molecule has 0 aromatic heterocycles. The minimum atomic E-state index is -0.938. The minimum Gasteiger partial charge on any atom is -0.381 e. The average Bonchev–Trinajstić information content (AvgIpc) is 2.70. The van der Waals surface area contributed by atoms with Gasteiger partial charge in [0, 0.05) is 57.8 Å². The fourth-order valence-corrected chi connectivity index (χ4v) is 5.35. The van der Waals surface area contributed by atoms with E-state index in [4.69, 9.17) is 4.74 Å². The molecule has 1 aliphatic rings. The lowest BCUT2D eigenvalue weighted by molar-refractivity contribution is -0.115. The van der Waals surface area contributed by atoms with E-state index in [1.807, 2.05) is 24.3 Å². The molecule has 7 heteroatoms. The Kier molecular flexibility index (Phi) is 8.06. The summed E-state index contributed by atoms with van der Waals surface area (Å²) in [7, 11) is -0.938. The van der Waals surface area contributed by atoms with Crippen LogP contribution in [-0.4, -0.2) is 34.3 Å². The summed E-state index contributed by atoms with van der Waals surface area (Å²) in [6.45, 7) is 1.36. The van der Waals surface area contributed by atoms with Crippen molar-refractivity contribution < 1.29 is 18.1 Å². The Morgan fingerprint density at radius 2 is 1.96 bits per heavy atom. The number of anilines is 1. The number of hydrogen-bond donors (Lipinski definition) is 1. The number of carbonyl (C=O) groups is 1. The van der Waals surface area contributed by atoms with Crippen molar-refractivity contribution in [2.45, 2.75) is 35.2 Å². The van der Waals surface area contributed by atoms with Crippen LogP contribution in [0.25, 0.3) is 0 Å². The number of rotatable bonds is 8. The highest BCUT2D eigenvalue weighted by atomic mass is 32.2. The van der Waals surface area contributed by atoms with Gasteiger partial charge in [0.1, 0.15) is 5.82 Å². The largest absolute Gasteiger partial charge is 0.381 e. The molecule has 1 aliphatic heterocycles. The van der Waals surface area contributed by atoms with Gasteiger partial charge >= 0.3 is 0 Å². The number of hydrogen-bond acceptors (Lipinski definition) is 4. The molecule has 1 unspecified atom stereocenters. The van der Waals surface area contributed by atoms with E-state index in [0.29, 0.717) is 35.3 Å². The Hall–Kier alpha value is -1.70. The van der Waals surface area contributed by atoms with E-state index in [2.05, 4.69) is 5.32 Å². The van der Waals surface area contributed by atoms with E-state index in [-0.39, 0.29) is 23.4 Å². The molecular weight excluding hydrogens is 397 g/mol. The number of benzene rings is 2. The first kappa shape index (κ1) is 21.0. The lowest BCUT2D eigenvalue weighted by Gasteiger charge is -2.21. The van der Waals surface area contributed by atoms with Gasteiger partial charge in [0.2, 0.25) is 5.91 Å². The summed E-state index contributed by atoms with van der Waals surface area (Å²) in [4.78, 5) is 12.7. The van der Waals surface area contributed by atoms with E-state index < -0.39 is 10.8 Å². The van der Waals surface area contributed by atoms with Crippen LogP contribution in [0, 0.1) is 5.82 Å². The van der Waals surface area contributed by atoms with Gasteiger partial charge in [0.25, 0.3) is 0 Å². The summed E-state index contributed by atoms with van der Waals surface area (Å²) in [6.07, 6.45) is 1.96. The number of halogens is 1. The summed E-state index contributed by atoms with van der Waals surface area (Å²) in [6, 6.07) is 14.0. The van der Waals surface area contributed by atoms with Gasteiger partial charge < -0.3 is 10.1 Å². The molecule has 0 bridgehead atoms. The normalized spacial score (nSPS) is 15.9. The first-order valence-corrected chi connectivity index (χ1v) is 11.7. The molecule has 1 atom stereocenters. The Labute approximate surface area is 171 Å². The Morgan fingerprint density at radius 1 is 1.18 bits per heavy atom. The second-order valence-electron chi connectivity index (χ2n) is 6.61. The van der Waals surface area contributed by atoms with Crippen molar-refractivity contribution >= 4 is 34.2 Å². The van der Waals surface area contributed by atoms with Crippen molar-refractivity contribution in [1.82, 2.24) is 0 Å². The molecule has 2 aromatic carbocycles. The Bertz CT molecular complexity index is 825. The maximum absolute atomic E-state index is 13.6. The highest BCUT2D eigenvalue weighted by Crippen LogP contribution is 2.22. The second-order valence-corrected chi connectivity index (χ2v) is 9.47. The molecule has 0 radical (unpaired) electrons. The van der Waals surface area contributed by atoms with Gasteiger partial charge in [-0.3, -0.25) is 9.00 Å². The van der Waals surface area contributed by atoms with E-state index >= 15 is 0 Å². The zero-order valence-electron chi connectivity index (χ0n) is 15.6. The molecule has 1 N–H and O–H groups in total. The fourth-order valence-electron chi connectivity index (χ4n) is 3.00. The summed E-state index contributed by atoms with van der Waals surface area (Å²) >= 11 is 1.33. The summed E-state index contributed by atoms with van der Waals surface area (Å²) in [5.74, 6) is 0.599. The first-order chi connectivity index (χ1) is 13.6. The van der Waals surface area contributed by atoms with Gasteiger partial charge in [-0.05, 0) is 42.7 Å². The monoisotopic (exact) mass is 421 g/mol. The van der Waals surface area contributed by atoms with Crippen LogP contribution in [0.15, 0.2) is 53.4 Å². The third kappa shape index (κ3) is 6.43. The topological polar surface area (TPSA) is 55.4 Å². The third-order valence-corrected chi connectivity index (χ3v) is 7.37. The predicted octanol–water partition coefficient (Wildman–Crippen LogP) is 4.37. The van der Waals surface area contributed by atoms with Crippen LogP contribution >= 0.6 is 11.8 Å². The van der Waals surface area contributed by atoms with Crippen molar-refractivity contribution in [3.63, 3.8) is 0 Å². The predicted molar refractivity (Wildman–Crippen MR) is 113 cm³/mol. The highest BCUT2D eigenvalue weighted by Gasteiger charge is 2.20. The van der Waals surface area contributed by atoms with E-state index in [9.17, 15) is 13.4 Å². The van der Waals surface area contributed by atoms with Crippen LogP contribution in [0.4, 0.5) is 10.1 Å². The summed E-state index contributed by atoms with van der Waals surface area (Å²) in [5, 5.41) is 3.05. The molecule has 2 aromatic rings. The average molecular weight is 422 g/mol. The smallest absolute Gasteiger partial charge is 0.225 e. The zero-order chi connectivity index (χ0) is 19.8. The van der Waals surface area contributed by atoms with Crippen molar-refractivity contribution in [2.24, 2.45) is 0 Å². The molecule has 3 rings (SSSR count). The maximum atomic E-state index is 13.6. The van der Waals surface area contributed by atoms with Gasteiger partial charge in [0.15, 0.2) is 0 Å². The Morgan fingerprint density at radius 3 is 2.75 bits per heavy atom. The molecule has 150 valence electrons. The molecule has 28 heavy (non-hydrogen) atoms. The maximum Gasteiger partial charge on any atom is 0.225 e. The molecular formula is C21H24FNO3S2. The standard InChI is InChI=1S/C21H24FNO3S2/c22-19-6-1-2-7-20(19)27-13-10-21(24)23-17-5-3-4-16(14-17)15-28(25)18-8-11-26-12-9-18/h1-7,14,18H,8-13,15H2,(H,23,24). The van der Waals surface area contributed by atoms with Crippen LogP contribution in [-0.2, 0) is 26.1 Å². The number of ether oxygens (including phenoxy) is 1. The molecule has 1 fully saturated rings. The second kappa shape index (κ2) is 10.7. The molecule has 0 aliphatic carbocycles. The highest BCUT2D eigenvalue weighted by molar-refractivity contribution is 7.99. The van der Waals surface area contributed by atoms with Crippen LogP contribution in [0.3, 0.4) is 0 Å². The minimum absolute atomic E-state index is 0.119. The Balaban J connectivity index is 1.47. The lowest BCUT2D eigenvalue weighted by Crippen LogP contribution is -2.25. The molecule has 1 saturated heterocycles. The van der Waals surface area contributed by atoms with Crippen molar-refractivity contribution in [3.05, 3.63) is 59.9 Å². The van der Waals surface area contributed by atoms with Crippen LogP contribution in [0.1, 0.15) is 24.8 Å². The number of amides is 1. The number of thioether (sulfide) groups is 1. The molecule has 4 nitrogen and oxygen atoms in total. The number of carbonyl (C=O) groups excluding carboxylic acids is 1. The van der Waals surface area contributed by atoms with E-state index in [0.717, 1.165) is 18.4 Å². The van der Waals surface area contributed by atoms with Crippen molar-refractivity contribution in [2.75, 3.05) is 24.3 Å². The summed E-state index contributed by atoms with van der Waals surface area (Å²) in [5.41, 5.74) is 1.64. The first-order valence-electron chi connectivity index (χ1n) is 9.33. The van der Waals surface area contributed by atoms with Gasteiger partial charge in [-0.2, -0.15) is 0 Å². The molecule has 1 amide bonds. The van der Waals surface area contributed by atoms with Gasteiger partial charge in [-0.25, -0.2) is 4.39 Å². The van der Waals surface area contributed by atoms with Crippen molar-refractivity contribution in [1.29, 1.82) is 0 Å². The van der Waals surface area contributed by atoms with Crippen LogP contribution < -0.4 is 5.32 Å². The van der Waals surface area contributed by atoms with Gasteiger partial charge in [-0.1, -0.05) is 24.3 Å². The lowest BCUT2D eigenvalue weighted by atomic mass is 10.2. The molecule has 0 saturated carbocycles. The quantitative estimate of drug-likeness (QED) is 0.643. The van der Waals surface area contributed by atoms with Crippen LogP contribution in [0.5, 0.6) is 0 Å².